The average molecular weight is 220 g/mol. The standard InChI is InChI=1S/C9H11F3N2O/c10-9(11,12)15-7-3-1-2-6(4-7)8(14)5-13/h1-4,8H,5,13-14H2. The molecule has 1 rings (SSSR count). The number of alkyl halides is 3. The smallest absolute Gasteiger partial charge is 0.406 e. The lowest BCUT2D eigenvalue weighted by Gasteiger charge is -2.12. The van der Waals surface area contributed by atoms with E-state index in [1.165, 1.54) is 18.2 Å². The number of nitrogens with two attached hydrogens (primary N) is 2. The van der Waals surface area contributed by atoms with Crippen molar-refractivity contribution in [3.63, 3.8) is 0 Å². The van der Waals surface area contributed by atoms with Gasteiger partial charge in [-0.15, -0.1) is 13.2 Å². The minimum absolute atomic E-state index is 0.162. The van der Waals surface area contributed by atoms with Crippen molar-refractivity contribution in [3.05, 3.63) is 29.8 Å². The predicted octanol–water partition coefficient (Wildman–Crippen LogP) is 1.54. The summed E-state index contributed by atoms with van der Waals surface area (Å²) in [6, 6.07) is 4.99. The summed E-state index contributed by atoms with van der Waals surface area (Å²) in [5, 5.41) is 0. The van der Waals surface area contributed by atoms with Crippen LogP contribution in [0.3, 0.4) is 0 Å². The molecule has 1 aromatic rings. The zero-order valence-corrected chi connectivity index (χ0v) is 7.79. The lowest BCUT2D eigenvalue weighted by Crippen LogP contribution is -2.21. The Morgan fingerprint density at radius 3 is 2.53 bits per heavy atom. The monoisotopic (exact) mass is 220 g/mol. The molecule has 1 atom stereocenters. The first-order valence-corrected chi connectivity index (χ1v) is 4.24. The Labute approximate surface area is 84.8 Å². The minimum Gasteiger partial charge on any atom is -0.406 e. The minimum atomic E-state index is -4.69. The Bertz CT molecular complexity index is 327. The molecule has 0 aliphatic heterocycles. The summed E-state index contributed by atoms with van der Waals surface area (Å²) in [6.07, 6.45) is -4.69. The van der Waals surface area contributed by atoms with Crippen molar-refractivity contribution in [2.24, 2.45) is 11.5 Å². The van der Waals surface area contributed by atoms with Crippen molar-refractivity contribution in [2.75, 3.05) is 6.54 Å². The molecule has 0 amide bonds. The van der Waals surface area contributed by atoms with Crippen LogP contribution < -0.4 is 16.2 Å². The quantitative estimate of drug-likeness (QED) is 0.812. The van der Waals surface area contributed by atoms with Crippen molar-refractivity contribution in [1.82, 2.24) is 0 Å². The summed E-state index contributed by atoms with van der Waals surface area (Å²) >= 11 is 0. The van der Waals surface area contributed by atoms with E-state index in [2.05, 4.69) is 4.74 Å². The van der Waals surface area contributed by atoms with E-state index in [1.807, 2.05) is 0 Å². The number of rotatable bonds is 3. The highest BCUT2D eigenvalue weighted by Gasteiger charge is 2.31. The molecule has 3 nitrogen and oxygen atoms in total. The van der Waals surface area contributed by atoms with E-state index in [1.54, 1.807) is 6.07 Å². The van der Waals surface area contributed by atoms with Crippen molar-refractivity contribution < 1.29 is 17.9 Å². The van der Waals surface area contributed by atoms with Crippen molar-refractivity contribution in [2.45, 2.75) is 12.4 Å². The van der Waals surface area contributed by atoms with Gasteiger partial charge in [0.1, 0.15) is 5.75 Å². The molecule has 0 heterocycles. The van der Waals surface area contributed by atoms with Crippen LogP contribution in [0.25, 0.3) is 0 Å². The van der Waals surface area contributed by atoms with Crippen LogP contribution in [-0.4, -0.2) is 12.9 Å². The Balaban J connectivity index is 2.83. The van der Waals surface area contributed by atoms with Gasteiger partial charge in [-0.25, -0.2) is 0 Å². The van der Waals surface area contributed by atoms with Crippen molar-refractivity contribution in [3.8, 4) is 5.75 Å². The van der Waals surface area contributed by atoms with Crippen molar-refractivity contribution in [1.29, 1.82) is 0 Å². The summed E-state index contributed by atoms with van der Waals surface area (Å²) < 4.78 is 39.4. The molecule has 0 aliphatic carbocycles. The Morgan fingerprint density at radius 1 is 1.33 bits per heavy atom. The first kappa shape index (κ1) is 11.8. The van der Waals surface area contributed by atoms with Gasteiger partial charge in [0.2, 0.25) is 0 Å². The van der Waals surface area contributed by atoms with Gasteiger partial charge >= 0.3 is 6.36 Å². The first-order chi connectivity index (χ1) is 6.92. The molecule has 0 spiro atoms. The van der Waals surface area contributed by atoms with Gasteiger partial charge in [0.15, 0.2) is 0 Å². The Kier molecular flexibility index (Phi) is 3.54. The topological polar surface area (TPSA) is 61.3 Å². The highest BCUT2D eigenvalue weighted by molar-refractivity contribution is 5.30. The van der Waals surface area contributed by atoms with Crippen LogP contribution in [0.2, 0.25) is 0 Å². The van der Waals surface area contributed by atoms with Gasteiger partial charge in [-0.05, 0) is 17.7 Å². The normalized spacial score (nSPS) is 13.7. The maximum Gasteiger partial charge on any atom is 0.573 e. The fraction of sp³-hybridized carbons (Fsp3) is 0.333. The van der Waals surface area contributed by atoms with Crippen molar-refractivity contribution >= 4 is 0 Å². The second-order valence-electron chi connectivity index (χ2n) is 2.96. The van der Waals surface area contributed by atoms with E-state index in [-0.39, 0.29) is 12.3 Å². The zero-order chi connectivity index (χ0) is 11.5. The molecule has 0 bridgehead atoms. The molecule has 0 saturated heterocycles. The second kappa shape index (κ2) is 4.50. The molecule has 1 unspecified atom stereocenters. The molecule has 0 aromatic heterocycles. The average Bonchev–Trinajstić information content (AvgIpc) is 2.14. The Morgan fingerprint density at radius 2 is 2.00 bits per heavy atom. The SMILES string of the molecule is NCC(N)c1cccc(OC(F)(F)F)c1. The van der Waals surface area contributed by atoms with Gasteiger partial charge in [-0.3, -0.25) is 0 Å². The molecule has 0 fully saturated rings. The molecule has 6 heteroatoms. The van der Waals surface area contributed by atoms with Crippen LogP contribution >= 0.6 is 0 Å². The summed E-state index contributed by atoms with van der Waals surface area (Å²) in [7, 11) is 0. The molecule has 0 saturated carbocycles. The van der Waals surface area contributed by atoms with E-state index < -0.39 is 12.4 Å². The molecular weight excluding hydrogens is 209 g/mol. The number of ether oxygens (including phenoxy) is 1. The maximum atomic E-state index is 11.9. The van der Waals surface area contributed by atoms with Gasteiger partial charge in [0.05, 0.1) is 0 Å². The number of hydrogen-bond donors (Lipinski definition) is 2. The zero-order valence-electron chi connectivity index (χ0n) is 7.79. The highest BCUT2D eigenvalue weighted by Crippen LogP contribution is 2.24. The van der Waals surface area contributed by atoms with Gasteiger partial charge in [-0.2, -0.15) is 0 Å². The number of benzene rings is 1. The lowest BCUT2D eigenvalue weighted by atomic mass is 10.1. The van der Waals surface area contributed by atoms with E-state index in [0.717, 1.165) is 0 Å². The molecule has 4 N–H and O–H groups in total. The van der Waals surface area contributed by atoms with Crippen LogP contribution in [0.4, 0.5) is 13.2 Å². The van der Waals surface area contributed by atoms with E-state index in [4.69, 9.17) is 11.5 Å². The molecular formula is C9H11F3N2O. The van der Waals surface area contributed by atoms with E-state index in [9.17, 15) is 13.2 Å². The van der Waals surface area contributed by atoms with Gasteiger partial charge in [-0.1, -0.05) is 12.1 Å². The third-order valence-corrected chi connectivity index (χ3v) is 1.77. The summed E-state index contributed by atoms with van der Waals surface area (Å²) in [5.41, 5.74) is 11.4. The first-order valence-electron chi connectivity index (χ1n) is 4.24. The fourth-order valence-corrected chi connectivity index (χ4v) is 1.08. The predicted molar refractivity (Wildman–Crippen MR) is 49.1 cm³/mol. The van der Waals surface area contributed by atoms with Crippen LogP contribution in [0.15, 0.2) is 24.3 Å². The molecule has 0 aliphatic rings. The number of halogens is 3. The summed E-state index contributed by atoms with van der Waals surface area (Å²) in [6.45, 7) is 0.162. The van der Waals surface area contributed by atoms with Gasteiger partial charge < -0.3 is 16.2 Å². The molecule has 15 heavy (non-hydrogen) atoms. The van der Waals surface area contributed by atoms with Crippen LogP contribution in [0.1, 0.15) is 11.6 Å². The molecule has 84 valence electrons. The summed E-state index contributed by atoms with van der Waals surface area (Å²) in [4.78, 5) is 0. The second-order valence-corrected chi connectivity index (χ2v) is 2.96. The molecule has 0 radical (unpaired) electrons. The van der Waals surface area contributed by atoms with E-state index >= 15 is 0 Å². The van der Waals surface area contributed by atoms with Gasteiger partial charge in [0, 0.05) is 12.6 Å². The lowest BCUT2D eigenvalue weighted by molar-refractivity contribution is -0.274. The van der Waals surface area contributed by atoms with Gasteiger partial charge in [0.25, 0.3) is 0 Å². The molecule has 1 aromatic carbocycles. The fourth-order valence-electron chi connectivity index (χ4n) is 1.08. The largest absolute Gasteiger partial charge is 0.573 e. The summed E-state index contributed by atoms with van der Waals surface area (Å²) in [5.74, 6) is -0.288. The van der Waals surface area contributed by atoms with Crippen LogP contribution in [-0.2, 0) is 0 Å². The number of hydrogen-bond acceptors (Lipinski definition) is 3. The highest BCUT2D eigenvalue weighted by atomic mass is 19.4. The van der Waals surface area contributed by atoms with Crippen LogP contribution in [0.5, 0.6) is 5.75 Å². The third kappa shape index (κ3) is 3.77. The maximum absolute atomic E-state index is 11.9. The third-order valence-electron chi connectivity index (χ3n) is 1.77. The van der Waals surface area contributed by atoms with Crippen LogP contribution in [0, 0.1) is 0 Å². The van der Waals surface area contributed by atoms with E-state index in [0.29, 0.717) is 5.56 Å². The Hall–Kier alpha value is -1.27.